The lowest BCUT2D eigenvalue weighted by Gasteiger charge is -2.27. The van der Waals surface area contributed by atoms with E-state index in [0.29, 0.717) is 11.3 Å². The molecule has 3 heterocycles. The normalized spacial score (nSPS) is 17.8. The van der Waals surface area contributed by atoms with Crippen molar-refractivity contribution in [3.63, 3.8) is 0 Å². The Morgan fingerprint density at radius 2 is 2.04 bits per heavy atom. The van der Waals surface area contributed by atoms with Crippen LogP contribution in [0.15, 0.2) is 29.1 Å². The fourth-order valence-corrected chi connectivity index (χ4v) is 3.58. The van der Waals surface area contributed by atoms with Gasteiger partial charge in [-0.2, -0.15) is 0 Å². The number of hydrogen-bond donors (Lipinski definition) is 1. The van der Waals surface area contributed by atoms with E-state index in [2.05, 4.69) is 29.6 Å². The van der Waals surface area contributed by atoms with Gasteiger partial charge in [0.1, 0.15) is 17.5 Å². The van der Waals surface area contributed by atoms with E-state index in [1.807, 2.05) is 18.2 Å². The first-order valence-electron chi connectivity index (χ1n) is 8.90. The summed E-state index contributed by atoms with van der Waals surface area (Å²) in [5, 5.41) is 9.40. The van der Waals surface area contributed by atoms with Gasteiger partial charge in [-0.1, -0.05) is 12.1 Å². The summed E-state index contributed by atoms with van der Waals surface area (Å²) in [6.07, 6.45) is 3.23. The zero-order valence-electron chi connectivity index (χ0n) is 14.0. The molecule has 0 unspecified atom stereocenters. The maximum atomic E-state index is 12.2. The highest BCUT2D eigenvalue weighted by Crippen LogP contribution is 2.39. The molecule has 1 aliphatic heterocycles. The van der Waals surface area contributed by atoms with E-state index in [4.69, 9.17) is 0 Å². The maximum absolute atomic E-state index is 12.2. The molecule has 1 saturated carbocycles. The highest BCUT2D eigenvalue weighted by atomic mass is 16.1. The van der Waals surface area contributed by atoms with E-state index in [1.165, 1.54) is 18.7 Å². The van der Waals surface area contributed by atoms with Crippen LogP contribution in [0.25, 0.3) is 10.9 Å². The van der Waals surface area contributed by atoms with Crippen molar-refractivity contribution in [1.29, 1.82) is 0 Å². The number of nitrogens with zero attached hydrogens (tertiary/aromatic N) is 5. The quantitative estimate of drug-likeness (QED) is 0.780. The van der Waals surface area contributed by atoms with Crippen LogP contribution in [0.4, 0.5) is 0 Å². The summed E-state index contributed by atoms with van der Waals surface area (Å²) in [6, 6.07) is 7.46. The molecule has 2 aliphatic rings. The predicted octanol–water partition coefficient (Wildman–Crippen LogP) is 1.45. The van der Waals surface area contributed by atoms with Crippen LogP contribution >= 0.6 is 0 Å². The summed E-state index contributed by atoms with van der Waals surface area (Å²) < 4.78 is 2.30. The van der Waals surface area contributed by atoms with E-state index >= 15 is 0 Å². The van der Waals surface area contributed by atoms with E-state index < -0.39 is 0 Å². The Labute approximate surface area is 144 Å². The molecule has 25 heavy (non-hydrogen) atoms. The van der Waals surface area contributed by atoms with Crippen molar-refractivity contribution in [2.24, 2.45) is 0 Å². The standard InChI is InChI=1S/C18H20N6O/c25-18-13-3-1-2-4-14(13)19-15(20-18)7-8-23-9-10-24-16(11-23)21-22-17(24)12-5-6-12/h1-4,12H,5-11H2,(H,19,20,25). The second-order valence-corrected chi connectivity index (χ2v) is 6.96. The summed E-state index contributed by atoms with van der Waals surface area (Å²) in [5.74, 6) is 3.62. The van der Waals surface area contributed by atoms with Crippen LogP contribution in [0.3, 0.4) is 0 Å². The minimum absolute atomic E-state index is 0.0620. The molecule has 0 saturated heterocycles. The highest BCUT2D eigenvalue weighted by molar-refractivity contribution is 5.77. The maximum Gasteiger partial charge on any atom is 0.258 e. The van der Waals surface area contributed by atoms with Gasteiger partial charge in [-0.05, 0) is 25.0 Å². The Morgan fingerprint density at radius 3 is 2.92 bits per heavy atom. The molecule has 2 aromatic heterocycles. The Bertz CT molecular complexity index is 987. The average molecular weight is 336 g/mol. The van der Waals surface area contributed by atoms with Crippen molar-refractivity contribution >= 4 is 10.9 Å². The van der Waals surface area contributed by atoms with Gasteiger partial charge in [0.2, 0.25) is 0 Å². The van der Waals surface area contributed by atoms with Crippen molar-refractivity contribution in [3.8, 4) is 0 Å². The summed E-state index contributed by atoms with van der Waals surface area (Å²) >= 11 is 0. The van der Waals surface area contributed by atoms with Crippen LogP contribution in [-0.2, 0) is 19.5 Å². The van der Waals surface area contributed by atoms with Crippen molar-refractivity contribution in [1.82, 2.24) is 29.6 Å². The second-order valence-electron chi connectivity index (χ2n) is 6.96. The fourth-order valence-electron chi connectivity index (χ4n) is 3.58. The molecule has 0 atom stereocenters. The molecule has 128 valence electrons. The van der Waals surface area contributed by atoms with Crippen LogP contribution < -0.4 is 5.56 Å². The summed E-state index contributed by atoms with van der Waals surface area (Å²) in [4.78, 5) is 22.0. The van der Waals surface area contributed by atoms with Crippen molar-refractivity contribution < 1.29 is 0 Å². The third kappa shape index (κ3) is 2.74. The molecule has 7 heteroatoms. The van der Waals surface area contributed by atoms with Crippen LogP contribution in [0, 0.1) is 0 Å². The van der Waals surface area contributed by atoms with Gasteiger partial charge in [0.15, 0.2) is 0 Å². The number of aromatic nitrogens is 5. The molecule has 1 N–H and O–H groups in total. The number of fused-ring (bicyclic) bond motifs is 2. The van der Waals surface area contributed by atoms with Crippen LogP contribution in [0.2, 0.25) is 0 Å². The molecular formula is C18H20N6O. The van der Waals surface area contributed by atoms with Gasteiger partial charge >= 0.3 is 0 Å². The Balaban J connectivity index is 1.29. The molecule has 1 aliphatic carbocycles. The molecule has 0 spiro atoms. The SMILES string of the molecule is O=c1[nH]c(CCN2CCn3c(nnc3C3CC3)C2)nc2ccccc12. The number of para-hydroxylation sites is 1. The smallest absolute Gasteiger partial charge is 0.258 e. The molecule has 1 fully saturated rings. The predicted molar refractivity (Wildman–Crippen MR) is 93.3 cm³/mol. The van der Waals surface area contributed by atoms with Gasteiger partial charge < -0.3 is 9.55 Å². The van der Waals surface area contributed by atoms with Crippen molar-refractivity contribution in [2.75, 3.05) is 13.1 Å². The monoisotopic (exact) mass is 336 g/mol. The van der Waals surface area contributed by atoms with E-state index in [0.717, 1.165) is 49.8 Å². The molecule has 7 nitrogen and oxygen atoms in total. The van der Waals surface area contributed by atoms with Crippen LogP contribution in [-0.4, -0.2) is 42.7 Å². The molecule has 5 rings (SSSR count). The summed E-state index contributed by atoms with van der Waals surface area (Å²) in [7, 11) is 0. The van der Waals surface area contributed by atoms with Gasteiger partial charge in [0, 0.05) is 32.0 Å². The first-order valence-corrected chi connectivity index (χ1v) is 8.90. The lowest BCUT2D eigenvalue weighted by molar-refractivity contribution is 0.216. The molecule has 0 amide bonds. The Kier molecular flexibility index (Phi) is 3.41. The van der Waals surface area contributed by atoms with Gasteiger partial charge in [0.25, 0.3) is 5.56 Å². The van der Waals surface area contributed by atoms with Gasteiger partial charge in [-0.25, -0.2) is 4.98 Å². The van der Waals surface area contributed by atoms with E-state index in [-0.39, 0.29) is 5.56 Å². The minimum atomic E-state index is -0.0620. The minimum Gasteiger partial charge on any atom is -0.312 e. The number of nitrogens with one attached hydrogen (secondary N) is 1. The fraction of sp³-hybridized carbons (Fsp3) is 0.444. The lowest BCUT2D eigenvalue weighted by Crippen LogP contribution is -2.36. The Hall–Kier alpha value is -2.54. The number of rotatable bonds is 4. The molecule has 0 bridgehead atoms. The van der Waals surface area contributed by atoms with Gasteiger partial charge in [-0.15, -0.1) is 10.2 Å². The largest absolute Gasteiger partial charge is 0.312 e. The first-order chi connectivity index (χ1) is 12.3. The van der Waals surface area contributed by atoms with Gasteiger partial charge in [0.05, 0.1) is 17.4 Å². The topological polar surface area (TPSA) is 79.7 Å². The first kappa shape index (κ1) is 14.8. The zero-order valence-corrected chi connectivity index (χ0v) is 14.0. The third-order valence-corrected chi connectivity index (χ3v) is 5.13. The Morgan fingerprint density at radius 1 is 1.16 bits per heavy atom. The lowest BCUT2D eigenvalue weighted by atomic mass is 10.2. The number of hydrogen-bond acceptors (Lipinski definition) is 5. The number of benzene rings is 1. The summed E-state index contributed by atoms with van der Waals surface area (Å²) in [6.45, 7) is 3.61. The third-order valence-electron chi connectivity index (χ3n) is 5.13. The summed E-state index contributed by atoms with van der Waals surface area (Å²) in [5.41, 5.74) is 0.696. The van der Waals surface area contributed by atoms with Crippen molar-refractivity contribution in [3.05, 3.63) is 52.1 Å². The van der Waals surface area contributed by atoms with Crippen LogP contribution in [0.5, 0.6) is 0 Å². The molecule has 3 aromatic rings. The van der Waals surface area contributed by atoms with Crippen LogP contribution in [0.1, 0.15) is 36.2 Å². The molecule has 0 radical (unpaired) electrons. The number of aromatic amines is 1. The van der Waals surface area contributed by atoms with E-state index in [9.17, 15) is 4.79 Å². The average Bonchev–Trinajstić information content (AvgIpc) is 3.39. The molecule has 1 aromatic carbocycles. The van der Waals surface area contributed by atoms with Gasteiger partial charge in [-0.3, -0.25) is 9.69 Å². The zero-order chi connectivity index (χ0) is 16.8. The van der Waals surface area contributed by atoms with Crippen molar-refractivity contribution in [2.45, 2.75) is 38.3 Å². The van der Waals surface area contributed by atoms with E-state index in [1.54, 1.807) is 6.07 Å². The number of H-pyrrole nitrogens is 1. The second kappa shape index (κ2) is 5.77. The highest BCUT2D eigenvalue weighted by Gasteiger charge is 2.31. The molecular weight excluding hydrogens is 316 g/mol.